The van der Waals surface area contributed by atoms with Crippen LogP contribution < -0.4 is 5.73 Å². The molecule has 1 aromatic carbocycles. The van der Waals surface area contributed by atoms with Crippen molar-refractivity contribution >= 4 is 31.6 Å². The van der Waals surface area contributed by atoms with Crippen LogP contribution >= 0.6 is 11.3 Å². The first-order chi connectivity index (χ1) is 11.1. The van der Waals surface area contributed by atoms with Gasteiger partial charge in [-0.05, 0) is 38.0 Å². The van der Waals surface area contributed by atoms with E-state index in [0.29, 0.717) is 24.3 Å². The van der Waals surface area contributed by atoms with E-state index < -0.39 is 10.0 Å². The van der Waals surface area contributed by atoms with Crippen LogP contribution in [0.25, 0.3) is 10.2 Å². The zero-order valence-corrected chi connectivity index (χ0v) is 16.2. The Labute approximate surface area is 147 Å². The van der Waals surface area contributed by atoms with E-state index in [-0.39, 0.29) is 17.5 Å². The summed E-state index contributed by atoms with van der Waals surface area (Å²) in [6, 6.07) is 5.27. The SMILES string of the molecule is CC1CC(N)CCN1S(=O)(=O)c1ccc2nc(C(C)(C)C)sc2c1. The van der Waals surface area contributed by atoms with E-state index in [0.717, 1.165) is 15.2 Å². The molecule has 2 N–H and O–H groups in total. The first-order valence-electron chi connectivity index (χ1n) is 8.27. The molecule has 0 bridgehead atoms. The van der Waals surface area contributed by atoms with Crippen LogP contribution in [0.3, 0.4) is 0 Å². The van der Waals surface area contributed by atoms with Crippen molar-refractivity contribution in [2.75, 3.05) is 6.54 Å². The number of hydrogen-bond donors (Lipinski definition) is 1. The summed E-state index contributed by atoms with van der Waals surface area (Å²) < 4.78 is 28.5. The normalized spacial score (nSPS) is 23.7. The van der Waals surface area contributed by atoms with Crippen molar-refractivity contribution in [3.8, 4) is 0 Å². The van der Waals surface area contributed by atoms with Crippen LogP contribution in [-0.4, -0.2) is 36.3 Å². The van der Waals surface area contributed by atoms with Crippen molar-refractivity contribution in [3.05, 3.63) is 23.2 Å². The van der Waals surface area contributed by atoms with Crippen LogP contribution in [0.1, 0.15) is 45.5 Å². The predicted molar refractivity (Wildman–Crippen MR) is 98.9 cm³/mol. The third-order valence-electron chi connectivity index (χ3n) is 4.46. The molecule has 1 aliphatic rings. The van der Waals surface area contributed by atoms with E-state index >= 15 is 0 Å². The zero-order valence-electron chi connectivity index (χ0n) is 14.6. The van der Waals surface area contributed by atoms with Gasteiger partial charge in [0.25, 0.3) is 0 Å². The summed E-state index contributed by atoms with van der Waals surface area (Å²) >= 11 is 1.57. The molecule has 1 aromatic heterocycles. The van der Waals surface area contributed by atoms with E-state index in [1.54, 1.807) is 27.8 Å². The van der Waals surface area contributed by atoms with Gasteiger partial charge < -0.3 is 5.73 Å². The highest BCUT2D eigenvalue weighted by Gasteiger charge is 2.33. The van der Waals surface area contributed by atoms with Gasteiger partial charge in [0.05, 0.1) is 20.1 Å². The Bertz CT molecular complexity index is 852. The largest absolute Gasteiger partial charge is 0.328 e. The van der Waals surface area contributed by atoms with Crippen molar-refractivity contribution in [3.63, 3.8) is 0 Å². The Morgan fingerprint density at radius 2 is 2.04 bits per heavy atom. The van der Waals surface area contributed by atoms with Crippen molar-refractivity contribution < 1.29 is 8.42 Å². The molecule has 7 heteroatoms. The highest BCUT2D eigenvalue weighted by molar-refractivity contribution is 7.89. The lowest BCUT2D eigenvalue weighted by Gasteiger charge is -2.35. The summed E-state index contributed by atoms with van der Waals surface area (Å²) in [6.07, 6.45) is 1.41. The van der Waals surface area contributed by atoms with E-state index in [9.17, 15) is 8.42 Å². The second kappa shape index (κ2) is 6.05. The number of hydrogen-bond acceptors (Lipinski definition) is 5. The van der Waals surface area contributed by atoms with Crippen molar-refractivity contribution in [1.82, 2.24) is 9.29 Å². The average Bonchev–Trinajstić information content (AvgIpc) is 2.89. The Morgan fingerprint density at radius 3 is 2.67 bits per heavy atom. The molecule has 0 spiro atoms. The number of rotatable bonds is 2. The Hall–Kier alpha value is -1.02. The summed E-state index contributed by atoms with van der Waals surface area (Å²) in [4.78, 5) is 4.99. The fourth-order valence-corrected chi connectivity index (χ4v) is 5.89. The fraction of sp³-hybridized carbons (Fsp3) is 0.588. The number of fused-ring (bicyclic) bond motifs is 1. The molecule has 2 atom stereocenters. The maximum absolute atomic E-state index is 13.0. The minimum atomic E-state index is -3.50. The van der Waals surface area contributed by atoms with Crippen LogP contribution in [0.2, 0.25) is 0 Å². The number of sulfonamides is 1. The molecule has 0 amide bonds. The second-order valence-electron chi connectivity index (χ2n) is 7.65. The Morgan fingerprint density at radius 1 is 1.33 bits per heavy atom. The number of aromatic nitrogens is 1. The summed E-state index contributed by atoms with van der Waals surface area (Å²) in [6.45, 7) is 8.75. The number of nitrogens with zero attached hydrogens (tertiary/aromatic N) is 2. The summed E-state index contributed by atoms with van der Waals surface area (Å²) in [7, 11) is -3.50. The smallest absolute Gasteiger partial charge is 0.243 e. The molecule has 5 nitrogen and oxygen atoms in total. The quantitative estimate of drug-likeness (QED) is 0.885. The predicted octanol–water partition coefficient (Wildman–Crippen LogP) is 3.09. The van der Waals surface area contributed by atoms with E-state index in [1.165, 1.54) is 0 Å². The molecule has 0 radical (unpaired) electrons. The molecule has 3 rings (SSSR count). The van der Waals surface area contributed by atoms with Gasteiger partial charge in [-0.15, -0.1) is 11.3 Å². The highest BCUT2D eigenvalue weighted by atomic mass is 32.2. The molecule has 2 aromatic rings. The molecule has 0 saturated carbocycles. The van der Waals surface area contributed by atoms with Gasteiger partial charge in [-0.2, -0.15) is 4.31 Å². The van der Waals surface area contributed by atoms with Crippen LogP contribution in [-0.2, 0) is 15.4 Å². The Balaban J connectivity index is 1.99. The van der Waals surface area contributed by atoms with Crippen molar-refractivity contribution in [2.45, 2.75) is 62.9 Å². The third kappa shape index (κ3) is 3.22. The lowest BCUT2D eigenvalue weighted by molar-refractivity contribution is 0.247. The lowest BCUT2D eigenvalue weighted by Crippen LogP contribution is -2.48. The van der Waals surface area contributed by atoms with Crippen LogP contribution in [0, 0.1) is 0 Å². The van der Waals surface area contributed by atoms with E-state index in [1.807, 2.05) is 13.0 Å². The van der Waals surface area contributed by atoms with Gasteiger partial charge >= 0.3 is 0 Å². The summed E-state index contributed by atoms with van der Waals surface area (Å²) in [5, 5.41) is 1.02. The molecule has 2 unspecified atom stereocenters. The number of piperidine rings is 1. The molecule has 132 valence electrons. The summed E-state index contributed by atoms with van der Waals surface area (Å²) in [5.41, 5.74) is 6.78. The van der Waals surface area contributed by atoms with Gasteiger partial charge in [0.15, 0.2) is 0 Å². The number of thiazole rings is 1. The van der Waals surface area contributed by atoms with Gasteiger partial charge in [0.1, 0.15) is 0 Å². The van der Waals surface area contributed by atoms with Crippen LogP contribution in [0.5, 0.6) is 0 Å². The van der Waals surface area contributed by atoms with Crippen LogP contribution in [0.4, 0.5) is 0 Å². The standard InChI is InChI=1S/C17H25N3O2S2/c1-11-9-12(18)7-8-20(11)24(21,22)13-5-6-14-15(10-13)23-16(19-14)17(2,3)4/h5-6,10-12H,7-9,18H2,1-4H3. The van der Waals surface area contributed by atoms with Gasteiger partial charge in [0, 0.05) is 24.0 Å². The topological polar surface area (TPSA) is 76.3 Å². The molecular formula is C17H25N3O2S2. The molecule has 2 heterocycles. The number of nitrogens with two attached hydrogens (primary N) is 1. The highest BCUT2D eigenvalue weighted by Crippen LogP contribution is 2.33. The third-order valence-corrected chi connectivity index (χ3v) is 7.92. The molecule has 24 heavy (non-hydrogen) atoms. The summed E-state index contributed by atoms with van der Waals surface area (Å²) in [5.74, 6) is 0. The zero-order chi connectivity index (χ0) is 17.7. The lowest BCUT2D eigenvalue weighted by atomic mass is 9.98. The molecule has 1 fully saturated rings. The molecule has 1 saturated heterocycles. The molecule has 1 aliphatic heterocycles. The van der Waals surface area contributed by atoms with E-state index in [2.05, 4.69) is 25.8 Å². The minimum Gasteiger partial charge on any atom is -0.328 e. The molecular weight excluding hydrogens is 342 g/mol. The number of benzene rings is 1. The monoisotopic (exact) mass is 367 g/mol. The van der Waals surface area contributed by atoms with Gasteiger partial charge in [-0.25, -0.2) is 13.4 Å². The second-order valence-corrected chi connectivity index (χ2v) is 10.6. The van der Waals surface area contributed by atoms with Crippen molar-refractivity contribution in [2.24, 2.45) is 5.73 Å². The fourth-order valence-electron chi connectivity index (χ4n) is 3.07. The van der Waals surface area contributed by atoms with Gasteiger partial charge in [-0.1, -0.05) is 20.8 Å². The first kappa shape index (κ1) is 17.8. The maximum Gasteiger partial charge on any atom is 0.243 e. The first-order valence-corrected chi connectivity index (χ1v) is 10.5. The van der Waals surface area contributed by atoms with Gasteiger partial charge in [0.2, 0.25) is 10.0 Å². The van der Waals surface area contributed by atoms with Crippen molar-refractivity contribution in [1.29, 1.82) is 0 Å². The Kier molecular flexibility index (Phi) is 4.49. The maximum atomic E-state index is 13.0. The van der Waals surface area contributed by atoms with Gasteiger partial charge in [-0.3, -0.25) is 0 Å². The van der Waals surface area contributed by atoms with E-state index in [4.69, 9.17) is 5.73 Å². The van der Waals surface area contributed by atoms with Crippen LogP contribution in [0.15, 0.2) is 23.1 Å². The minimum absolute atomic E-state index is 0.0414. The average molecular weight is 368 g/mol. The molecule has 0 aliphatic carbocycles.